The highest BCUT2D eigenvalue weighted by atomic mass is 32.2. The van der Waals surface area contributed by atoms with Crippen LogP contribution in [-0.2, 0) is 22.8 Å². The van der Waals surface area contributed by atoms with Crippen LogP contribution >= 0.6 is 0 Å². The predicted octanol–water partition coefficient (Wildman–Crippen LogP) is 2.07. The maximum Gasteiger partial charge on any atom is 0.230 e. The van der Waals surface area contributed by atoms with Gasteiger partial charge in [-0.1, -0.05) is 5.16 Å². The Morgan fingerprint density at radius 3 is 2.79 bits per heavy atom. The van der Waals surface area contributed by atoms with Gasteiger partial charge in [-0.15, -0.1) is 0 Å². The second-order valence-corrected chi connectivity index (χ2v) is 8.00. The third-order valence-corrected chi connectivity index (χ3v) is 5.41. The van der Waals surface area contributed by atoms with Gasteiger partial charge in [0, 0.05) is 43.1 Å². The fourth-order valence-corrected chi connectivity index (χ4v) is 3.56. The summed E-state index contributed by atoms with van der Waals surface area (Å²) in [4.78, 5) is 9.11. The smallest absolute Gasteiger partial charge is 0.230 e. The average molecular weight is 344 g/mol. The van der Waals surface area contributed by atoms with Crippen LogP contribution in [0.15, 0.2) is 46.1 Å². The van der Waals surface area contributed by atoms with Gasteiger partial charge in [0.2, 0.25) is 11.7 Å². The zero-order valence-corrected chi connectivity index (χ0v) is 13.9. The molecule has 0 aliphatic carbocycles. The highest BCUT2D eigenvalue weighted by Crippen LogP contribution is 2.29. The lowest BCUT2D eigenvalue weighted by molar-refractivity contribution is 0.323. The first-order chi connectivity index (χ1) is 11.5. The summed E-state index contributed by atoms with van der Waals surface area (Å²) in [5.41, 5.74) is 0.731. The van der Waals surface area contributed by atoms with E-state index in [-0.39, 0.29) is 10.8 Å². The fourth-order valence-electron chi connectivity index (χ4n) is 2.93. The maximum atomic E-state index is 11.5. The van der Waals surface area contributed by atoms with E-state index in [2.05, 4.69) is 19.7 Å². The van der Waals surface area contributed by atoms with E-state index in [0.717, 1.165) is 30.8 Å². The zero-order chi connectivity index (χ0) is 16.7. The van der Waals surface area contributed by atoms with E-state index in [1.165, 1.54) is 6.26 Å². The van der Waals surface area contributed by atoms with Crippen molar-refractivity contribution >= 4 is 9.84 Å². The predicted molar refractivity (Wildman–Crippen MR) is 86.1 cm³/mol. The Morgan fingerprint density at radius 1 is 1.25 bits per heavy atom. The first kappa shape index (κ1) is 15.1. The molecule has 8 heteroatoms. The van der Waals surface area contributed by atoms with Crippen molar-refractivity contribution < 1.29 is 12.9 Å². The number of nitrogens with zero attached hydrogens (tertiary/aromatic N) is 4. The van der Waals surface area contributed by atoms with Crippen LogP contribution in [-0.4, -0.2) is 34.4 Å². The van der Waals surface area contributed by atoms with Gasteiger partial charge in [-0.25, -0.2) is 13.4 Å². The molecule has 3 aromatic rings. The summed E-state index contributed by atoms with van der Waals surface area (Å²) in [6.07, 6.45) is 6.68. The summed E-state index contributed by atoms with van der Waals surface area (Å²) in [5, 5.41) is 4.03. The van der Waals surface area contributed by atoms with E-state index in [1.807, 2.05) is 6.20 Å². The molecule has 0 amide bonds. The molecular weight excluding hydrogens is 328 g/mol. The zero-order valence-electron chi connectivity index (χ0n) is 13.1. The van der Waals surface area contributed by atoms with Gasteiger partial charge >= 0.3 is 0 Å². The summed E-state index contributed by atoms with van der Waals surface area (Å²) < 4.78 is 30.6. The van der Waals surface area contributed by atoms with Crippen molar-refractivity contribution in [2.24, 2.45) is 0 Å². The molecule has 1 aliphatic heterocycles. The molecule has 4 rings (SSSR count). The van der Waals surface area contributed by atoms with E-state index < -0.39 is 9.84 Å². The molecule has 0 fully saturated rings. The van der Waals surface area contributed by atoms with Gasteiger partial charge in [0.1, 0.15) is 5.82 Å². The summed E-state index contributed by atoms with van der Waals surface area (Å²) >= 11 is 0. The van der Waals surface area contributed by atoms with Crippen molar-refractivity contribution in [3.05, 3.63) is 48.4 Å². The van der Waals surface area contributed by atoms with Crippen molar-refractivity contribution in [3.63, 3.8) is 0 Å². The van der Waals surface area contributed by atoms with Gasteiger partial charge in [-0.3, -0.25) is 0 Å². The molecule has 3 heterocycles. The third kappa shape index (κ3) is 2.73. The lowest BCUT2D eigenvalue weighted by Crippen LogP contribution is -2.18. The number of benzene rings is 1. The number of sulfone groups is 1. The molecule has 24 heavy (non-hydrogen) atoms. The van der Waals surface area contributed by atoms with Crippen molar-refractivity contribution in [1.82, 2.24) is 19.7 Å². The number of imidazole rings is 1. The Hall–Kier alpha value is -2.48. The average Bonchev–Trinajstić information content (AvgIpc) is 3.22. The van der Waals surface area contributed by atoms with Crippen LogP contribution in [0.1, 0.15) is 24.1 Å². The van der Waals surface area contributed by atoms with Crippen LogP contribution < -0.4 is 0 Å². The van der Waals surface area contributed by atoms with Crippen molar-refractivity contribution in [3.8, 4) is 11.4 Å². The number of aryl methyl sites for hydroxylation is 1. The SMILES string of the molecule is CS(=O)(=O)c1ccc(-c2noc(C3CCn4ccnc4C3)n2)cc1. The van der Waals surface area contributed by atoms with Crippen LogP contribution in [0.5, 0.6) is 0 Å². The van der Waals surface area contributed by atoms with Crippen molar-refractivity contribution in [1.29, 1.82) is 0 Å². The molecule has 1 unspecified atom stereocenters. The van der Waals surface area contributed by atoms with Gasteiger partial charge in [0.15, 0.2) is 9.84 Å². The first-order valence-electron chi connectivity index (χ1n) is 7.65. The normalized spacial score (nSPS) is 17.6. The summed E-state index contributed by atoms with van der Waals surface area (Å²) in [6.45, 7) is 0.890. The lowest BCUT2D eigenvalue weighted by Gasteiger charge is -2.19. The molecule has 0 saturated carbocycles. The third-order valence-electron chi connectivity index (χ3n) is 4.28. The lowest BCUT2D eigenvalue weighted by atomic mass is 9.98. The second kappa shape index (κ2) is 5.55. The minimum Gasteiger partial charge on any atom is -0.339 e. The molecule has 1 aliphatic rings. The quantitative estimate of drug-likeness (QED) is 0.722. The van der Waals surface area contributed by atoms with Crippen LogP contribution in [0.4, 0.5) is 0 Å². The molecule has 124 valence electrons. The number of hydrogen-bond donors (Lipinski definition) is 0. The van der Waals surface area contributed by atoms with E-state index in [0.29, 0.717) is 11.7 Å². The van der Waals surface area contributed by atoms with Crippen LogP contribution in [0, 0.1) is 0 Å². The van der Waals surface area contributed by atoms with E-state index in [4.69, 9.17) is 4.52 Å². The van der Waals surface area contributed by atoms with Gasteiger partial charge in [0.05, 0.1) is 4.90 Å². The van der Waals surface area contributed by atoms with Gasteiger partial charge in [0.25, 0.3) is 0 Å². The van der Waals surface area contributed by atoms with E-state index in [9.17, 15) is 8.42 Å². The minimum absolute atomic E-state index is 0.163. The number of aromatic nitrogens is 4. The Kier molecular flexibility index (Phi) is 3.49. The van der Waals surface area contributed by atoms with E-state index >= 15 is 0 Å². The van der Waals surface area contributed by atoms with Crippen LogP contribution in [0.3, 0.4) is 0 Å². The highest BCUT2D eigenvalue weighted by molar-refractivity contribution is 7.90. The number of fused-ring (bicyclic) bond motifs is 1. The summed E-state index contributed by atoms with van der Waals surface area (Å²) in [6, 6.07) is 6.49. The number of hydrogen-bond acceptors (Lipinski definition) is 6. The number of rotatable bonds is 3. The molecule has 0 saturated heterocycles. The van der Waals surface area contributed by atoms with Crippen LogP contribution in [0.2, 0.25) is 0 Å². The van der Waals surface area contributed by atoms with Crippen LogP contribution in [0.25, 0.3) is 11.4 Å². The monoisotopic (exact) mass is 344 g/mol. The largest absolute Gasteiger partial charge is 0.339 e. The Bertz CT molecular complexity index is 973. The molecule has 0 radical (unpaired) electrons. The van der Waals surface area contributed by atoms with Crippen molar-refractivity contribution in [2.75, 3.05) is 6.26 Å². The van der Waals surface area contributed by atoms with Crippen molar-refractivity contribution in [2.45, 2.75) is 30.2 Å². The summed E-state index contributed by atoms with van der Waals surface area (Å²) in [5.74, 6) is 2.27. The molecule has 0 spiro atoms. The Balaban J connectivity index is 1.57. The second-order valence-electron chi connectivity index (χ2n) is 5.98. The molecule has 1 atom stereocenters. The standard InChI is InChI=1S/C16H16N4O3S/c1-24(21,22)13-4-2-11(3-5-13)15-18-16(23-19-15)12-6-8-20-9-7-17-14(20)10-12/h2-5,7,9,12H,6,8,10H2,1H3. The molecule has 0 bridgehead atoms. The fraction of sp³-hybridized carbons (Fsp3) is 0.312. The first-order valence-corrected chi connectivity index (χ1v) is 9.54. The molecule has 2 aromatic heterocycles. The van der Waals surface area contributed by atoms with E-state index in [1.54, 1.807) is 30.5 Å². The Labute approximate surface area is 139 Å². The molecule has 1 aromatic carbocycles. The summed E-state index contributed by atoms with van der Waals surface area (Å²) in [7, 11) is -3.21. The Morgan fingerprint density at radius 2 is 2.04 bits per heavy atom. The van der Waals surface area contributed by atoms with Gasteiger partial charge in [-0.05, 0) is 30.7 Å². The van der Waals surface area contributed by atoms with Gasteiger partial charge < -0.3 is 9.09 Å². The molecular formula is C16H16N4O3S. The topological polar surface area (TPSA) is 90.9 Å². The highest BCUT2D eigenvalue weighted by Gasteiger charge is 2.25. The maximum absolute atomic E-state index is 11.5. The molecule has 7 nitrogen and oxygen atoms in total. The molecule has 0 N–H and O–H groups in total. The van der Waals surface area contributed by atoms with Gasteiger partial charge in [-0.2, -0.15) is 4.98 Å². The minimum atomic E-state index is -3.21.